The van der Waals surface area contributed by atoms with Crippen molar-refractivity contribution >= 4 is 34.8 Å². The Morgan fingerprint density at radius 1 is 1.00 bits per heavy atom. The summed E-state index contributed by atoms with van der Waals surface area (Å²) in [5, 5.41) is 11.7. The smallest absolute Gasteiger partial charge is 0.255 e. The number of carbonyl (C=O) groups excluding carboxylic acids is 1. The molecule has 1 aromatic heterocycles. The fourth-order valence-electron chi connectivity index (χ4n) is 4.18. The molecule has 1 amide bonds. The Morgan fingerprint density at radius 2 is 1.69 bits per heavy atom. The van der Waals surface area contributed by atoms with Crippen molar-refractivity contribution in [3.8, 4) is 11.4 Å². The maximum Gasteiger partial charge on any atom is 0.255 e. The zero-order valence-corrected chi connectivity index (χ0v) is 20.4. The van der Waals surface area contributed by atoms with Gasteiger partial charge in [-0.3, -0.25) is 4.79 Å². The van der Waals surface area contributed by atoms with E-state index in [2.05, 4.69) is 10.6 Å². The number of fused-ring (bicyclic) bond motifs is 1. The summed E-state index contributed by atoms with van der Waals surface area (Å²) in [6, 6.07) is 24.4. The highest BCUT2D eigenvalue weighted by molar-refractivity contribution is 6.31. The van der Waals surface area contributed by atoms with Gasteiger partial charge in [-0.15, -0.1) is 5.10 Å². The molecule has 5 rings (SSSR count). The number of amides is 1. The van der Waals surface area contributed by atoms with Crippen LogP contribution in [0.5, 0.6) is 0 Å². The molecule has 0 bridgehead atoms. The van der Waals surface area contributed by atoms with E-state index in [1.165, 1.54) is 0 Å². The predicted octanol–water partition coefficient (Wildman–Crippen LogP) is 5.59. The van der Waals surface area contributed by atoms with Gasteiger partial charge < -0.3 is 15.5 Å². The number of nitrogens with zero attached hydrogens (tertiary/aromatic N) is 4. The topological polar surface area (TPSA) is 75.1 Å². The molecule has 4 aromatic rings. The molecule has 1 aliphatic heterocycles. The Labute approximate surface area is 209 Å². The first-order valence-corrected chi connectivity index (χ1v) is 11.6. The standard InChI is InChI=1S/C27H25ClN6O/c1-17-23(26(35)30-19-9-5-4-6-10-19)24(21-11-7-8-12-22(21)28)34-27(29-17)31-25(32-34)18-13-15-20(16-14-18)33(2)3/h4-16,24H,1-3H3,(H,30,35)(H,29,31,32). The minimum absolute atomic E-state index is 0.232. The second-order valence-electron chi connectivity index (χ2n) is 8.55. The summed E-state index contributed by atoms with van der Waals surface area (Å²) >= 11 is 6.63. The van der Waals surface area contributed by atoms with Crippen LogP contribution in [0, 0.1) is 0 Å². The maximum absolute atomic E-state index is 13.5. The summed E-state index contributed by atoms with van der Waals surface area (Å²) in [7, 11) is 3.99. The highest BCUT2D eigenvalue weighted by Crippen LogP contribution is 2.39. The Balaban J connectivity index is 1.59. The number of anilines is 3. The molecule has 1 atom stereocenters. The van der Waals surface area contributed by atoms with Crippen LogP contribution in [0.3, 0.4) is 0 Å². The maximum atomic E-state index is 13.5. The second kappa shape index (κ2) is 9.27. The molecule has 1 aliphatic rings. The van der Waals surface area contributed by atoms with E-state index < -0.39 is 6.04 Å². The van der Waals surface area contributed by atoms with Gasteiger partial charge in [-0.2, -0.15) is 4.98 Å². The average molecular weight is 485 g/mol. The lowest BCUT2D eigenvalue weighted by molar-refractivity contribution is -0.113. The van der Waals surface area contributed by atoms with Gasteiger partial charge in [0.1, 0.15) is 6.04 Å². The van der Waals surface area contributed by atoms with Gasteiger partial charge in [0.05, 0.1) is 5.57 Å². The Morgan fingerprint density at radius 3 is 2.37 bits per heavy atom. The number of para-hydroxylation sites is 1. The number of hydrogen-bond donors (Lipinski definition) is 2. The molecule has 7 nitrogen and oxygen atoms in total. The molecule has 0 spiro atoms. The summed E-state index contributed by atoms with van der Waals surface area (Å²) in [6.45, 7) is 1.87. The van der Waals surface area contributed by atoms with Gasteiger partial charge in [0.2, 0.25) is 5.95 Å². The van der Waals surface area contributed by atoms with E-state index in [0.717, 1.165) is 16.8 Å². The van der Waals surface area contributed by atoms with Gasteiger partial charge in [0, 0.05) is 47.3 Å². The van der Waals surface area contributed by atoms with Crippen molar-refractivity contribution in [2.24, 2.45) is 0 Å². The lowest BCUT2D eigenvalue weighted by Gasteiger charge is -2.29. The van der Waals surface area contributed by atoms with E-state index in [0.29, 0.717) is 33.8 Å². The number of halogens is 1. The van der Waals surface area contributed by atoms with Crippen molar-refractivity contribution in [1.29, 1.82) is 0 Å². The fraction of sp³-hybridized carbons (Fsp3) is 0.148. The molecule has 0 saturated carbocycles. The third kappa shape index (κ3) is 4.38. The minimum Gasteiger partial charge on any atom is -0.378 e. The third-order valence-corrected chi connectivity index (χ3v) is 6.31. The molecule has 0 fully saturated rings. The summed E-state index contributed by atoms with van der Waals surface area (Å²) in [4.78, 5) is 20.3. The van der Waals surface area contributed by atoms with Crippen LogP contribution in [-0.2, 0) is 4.79 Å². The molecule has 0 radical (unpaired) electrons. The number of allylic oxidation sites excluding steroid dienone is 1. The molecule has 2 heterocycles. The van der Waals surface area contributed by atoms with Crippen LogP contribution in [0.2, 0.25) is 5.02 Å². The highest BCUT2D eigenvalue weighted by atomic mass is 35.5. The minimum atomic E-state index is -0.550. The molecule has 176 valence electrons. The van der Waals surface area contributed by atoms with Crippen LogP contribution < -0.4 is 15.5 Å². The van der Waals surface area contributed by atoms with Gasteiger partial charge >= 0.3 is 0 Å². The van der Waals surface area contributed by atoms with Crippen LogP contribution >= 0.6 is 11.6 Å². The first-order chi connectivity index (χ1) is 16.9. The number of carbonyl (C=O) groups is 1. The monoisotopic (exact) mass is 484 g/mol. The molecule has 35 heavy (non-hydrogen) atoms. The number of hydrogen-bond acceptors (Lipinski definition) is 5. The molecule has 1 unspecified atom stereocenters. The number of nitrogens with one attached hydrogen (secondary N) is 2. The molecular weight excluding hydrogens is 460 g/mol. The van der Waals surface area contributed by atoms with Gasteiger partial charge in [0.25, 0.3) is 5.91 Å². The normalized spacial score (nSPS) is 14.8. The predicted molar refractivity (Wildman–Crippen MR) is 141 cm³/mol. The average Bonchev–Trinajstić information content (AvgIpc) is 3.28. The Kier molecular flexibility index (Phi) is 6.01. The number of aromatic nitrogens is 3. The van der Waals surface area contributed by atoms with Crippen LogP contribution in [0.25, 0.3) is 11.4 Å². The molecule has 8 heteroatoms. The van der Waals surface area contributed by atoms with Gasteiger partial charge in [-0.25, -0.2) is 4.68 Å². The third-order valence-electron chi connectivity index (χ3n) is 5.97. The van der Waals surface area contributed by atoms with E-state index in [1.54, 1.807) is 4.68 Å². The van der Waals surface area contributed by atoms with Crippen molar-refractivity contribution in [1.82, 2.24) is 14.8 Å². The number of benzene rings is 3. The summed E-state index contributed by atoms with van der Waals surface area (Å²) in [5.41, 5.74) is 4.66. The molecular formula is C27H25ClN6O. The lowest BCUT2D eigenvalue weighted by atomic mass is 9.95. The van der Waals surface area contributed by atoms with Crippen LogP contribution in [0.4, 0.5) is 17.3 Å². The van der Waals surface area contributed by atoms with E-state index in [9.17, 15) is 4.79 Å². The van der Waals surface area contributed by atoms with Gasteiger partial charge in [-0.05, 0) is 49.4 Å². The van der Waals surface area contributed by atoms with Crippen molar-refractivity contribution in [3.05, 3.63) is 101 Å². The summed E-state index contributed by atoms with van der Waals surface area (Å²) in [6.07, 6.45) is 0. The molecule has 0 saturated heterocycles. The quantitative estimate of drug-likeness (QED) is 0.386. The van der Waals surface area contributed by atoms with E-state index in [1.807, 2.05) is 105 Å². The number of rotatable bonds is 5. The largest absolute Gasteiger partial charge is 0.378 e. The van der Waals surface area contributed by atoms with E-state index in [4.69, 9.17) is 21.7 Å². The molecule has 0 aliphatic carbocycles. The van der Waals surface area contributed by atoms with Crippen LogP contribution in [0.15, 0.2) is 90.1 Å². The summed E-state index contributed by atoms with van der Waals surface area (Å²) in [5.74, 6) is 0.881. The first kappa shape index (κ1) is 22.7. The van der Waals surface area contributed by atoms with Crippen LogP contribution in [0.1, 0.15) is 18.5 Å². The van der Waals surface area contributed by atoms with Crippen LogP contribution in [-0.4, -0.2) is 34.8 Å². The Hall–Kier alpha value is -4.10. The highest BCUT2D eigenvalue weighted by Gasteiger charge is 2.35. The first-order valence-electron chi connectivity index (χ1n) is 11.3. The lowest BCUT2D eigenvalue weighted by Crippen LogP contribution is -2.31. The van der Waals surface area contributed by atoms with E-state index in [-0.39, 0.29) is 5.91 Å². The van der Waals surface area contributed by atoms with Crippen molar-refractivity contribution < 1.29 is 4.79 Å². The van der Waals surface area contributed by atoms with Crippen molar-refractivity contribution in [2.75, 3.05) is 29.6 Å². The van der Waals surface area contributed by atoms with Crippen molar-refractivity contribution in [3.63, 3.8) is 0 Å². The zero-order valence-electron chi connectivity index (χ0n) is 19.7. The SMILES string of the molecule is CC1=C(C(=O)Nc2ccccc2)C(c2ccccc2Cl)n2nc(-c3ccc(N(C)C)cc3)nc2N1. The zero-order chi connectivity index (χ0) is 24.5. The fourth-order valence-corrected chi connectivity index (χ4v) is 4.42. The van der Waals surface area contributed by atoms with E-state index >= 15 is 0 Å². The summed E-state index contributed by atoms with van der Waals surface area (Å²) < 4.78 is 1.74. The second-order valence-corrected chi connectivity index (χ2v) is 8.96. The molecule has 3 aromatic carbocycles. The Bertz CT molecular complexity index is 1410. The molecule has 2 N–H and O–H groups in total. The van der Waals surface area contributed by atoms with Crippen molar-refractivity contribution in [2.45, 2.75) is 13.0 Å². The van der Waals surface area contributed by atoms with Gasteiger partial charge in [-0.1, -0.05) is 48.0 Å². The van der Waals surface area contributed by atoms with Gasteiger partial charge in [0.15, 0.2) is 5.82 Å².